The highest BCUT2D eigenvalue weighted by Gasteiger charge is 2.85. The first-order valence-corrected chi connectivity index (χ1v) is 7.26. The molecule has 0 aromatic heterocycles. The lowest BCUT2D eigenvalue weighted by Gasteiger charge is -2.39. The first kappa shape index (κ1) is 31.6. The molecule has 0 amide bonds. The molecule has 1 nitrogen and oxygen atoms in total. The van der Waals surface area contributed by atoms with Crippen LogP contribution in [0.1, 0.15) is 0 Å². The van der Waals surface area contributed by atoms with Crippen molar-refractivity contribution in [3.05, 3.63) is 0 Å². The number of halogens is 20. The molecule has 0 rings (SSSR count). The SMILES string of the molecule is FC(F)C(F)(C(F)(F)F)C(F)(F)C(F)(F)COCC(F)(F)C(F)(F)C(F)(C(F)F)C(F)(F)F. The van der Waals surface area contributed by atoms with Crippen LogP contribution in [0.15, 0.2) is 0 Å². The van der Waals surface area contributed by atoms with Crippen molar-refractivity contribution in [2.24, 2.45) is 0 Å². The van der Waals surface area contributed by atoms with Crippen LogP contribution in [0.25, 0.3) is 0 Å². The molecular formula is C12H6F20O. The first-order valence-electron chi connectivity index (χ1n) is 7.26. The Morgan fingerprint density at radius 3 is 0.788 bits per heavy atom. The molecule has 0 N–H and O–H groups in total. The number of alkyl halides is 20. The fourth-order valence-electron chi connectivity index (χ4n) is 1.90. The fraction of sp³-hybridized carbons (Fsp3) is 1.00. The molecule has 2 atom stereocenters. The van der Waals surface area contributed by atoms with Crippen molar-refractivity contribution in [1.29, 1.82) is 0 Å². The van der Waals surface area contributed by atoms with Gasteiger partial charge in [0.25, 0.3) is 12.9 Å². The van der Waals surface area contributed by atoms with Gasteiger partial charge in [0.15, 0.2) is 0 Å². The Labute approximate surface area is 167 Å². The standard InChI is InChI=1S/C12H6F20O/c13-3(14)7(21,11(27,28)29)9(23,24)5(17,18)1-33-2-6(19,20)10(25,26)8(22,4(15)16)12(30,31)32/h3-4H,1-2H2. The third-order valence-corrected chi connectivity index (χ3v) is 3.83. The van der Waals surface area contributed by atoms with Crippen molar-refractivity contribution in [1.82, 2.24) is 0 Å². The van der Waals surface area contributed by atoms with E-state index in [1.807, 2.05) is 0 Å². The van der Waals surface area contributed by atoms with Crippen molar-refractivity contribution in [2.45, 2.75) is 60.2 Å². The van der Waals surface area contributed by atoms with E-state index < -0.39 is 73.4 Å². The van der Waals surface area contributed by atoms with Crippen LogP contribution in [-0.2, 0) is 4.74 Å². The topological polar surface area (TPSA) is 9.23 Å². The van der Waals surface area contributed by atoms with Crippen LogP contribution in [0.3, 0.4) is 0 Å². The summed E-state index contributed by atoms with van der Waals surface area (Å²) in [4.78, 5) is 0. The smallest absolute Gasteiger partial charge is 0.368 e. The molecule has 0 spiro atoms. The average molecular weight is 546 g/mol. The number of hydrogen-bond acceptors (Lipinski definition) is 1. The van der Waals surface area contributed by atoms with Crippen molar-refractivity contribution >= 4 is 0 Å². The number of rotatable bonds is 10. The summed E-state index contributed by atoms with van der Waals surface area (Å²) in [5.74, 6) is -29.0. The molecule has 2 unspecified atom stereocenters. The summed E-state index contributed by atoms with van der Waals surface area (Å²) in [6, 6.07) is 0. The summed E-state index contributed by atoms with van der Waals surface area (Å²) in [6.45, 7) is -7.56. The van der Waals surface area contributed by atoms with Crippen LogP contribution in [0.5, 0.6) is 0 Å². The van der Waals surface area contributed by atoms with Crippen LogP contribution >= 0.6 is 0 Å². The van der Waals surface area contributed by atoms with Gasteiger partial charge in [0.1, 0.15) is 13.2 Å². The van der Waals surface area contributed by atoms with Gasteiger partial charge < -0.3 is 4.74 Å². The van der Waals surface area contributed by atoms with E-state index in [0.717, 1.165) is 0 Å². The van der Waals surface area contributed by atoms with Gasteiger partial charge in [0, 0.05) is 0 Å². The third kappa shape index (κ3) is 4.73. The van der Waals surface area contributed by atoms with Crippen molar-refractivity contribution in [3.63, 3.8) is 0 Å². The van der Waals surface area contributed by atoms with E-state index in [4.69, 9.17) is 0 Å². The quantitative estimate of drug-likeness (QED) is 0.280. The van der Waals surface area contributed by atoms with Crippen molar-refractivity contribution in [2.75, 3.05) is 13.2 Å². The minimum atomic E-state index is -7.58. The zero-order valence-corrected chi connectivity index (χ0v) is 14.5. The van der Waals surface area contributed by atoms with Gasteiger partial charge in [-0.05, 0) is 0 Å². The minimum absolute atomic E-state index is 2.69. The largest absolute Gasteiger partial charge is 0.434 e. The van der Waals surface area contributed by atoms with Crippen LogP contribution < -0.4 is 0 Å². The van der Waals surface area contributed by atoms with E-state index in [9.17, 15) is 87.8 Å². The Kier molecular flexibility index (Phi) is 8.27. The molecule has 0 saturated carbocycles. The summed E-state index contributed by atoms with van der Waals surface area (Å²) in [5, 5.41) is 0. The van der Waals surface area contributed by atoms with Crippen LogP contribution in [0, 0.1) is 0 Å². The maximum Gasteiger partial charge on any atom is 0.434 e. The Bertz CT molecular complexity index is 607. The second-order valence-corrected chi connectivity index (χ2v) is 6.07. The van der Waals surface area contributed by atoms with Gasteiger partial charge in [-0.3, -0.25) is 0 Å². The molecule has 0 aliphatic heterocycles. The molecule has 0 heterocycles. The highest BCUT2D eigenvalue weighted by molar-refractivity contribution is 5.10. The van der Waals surface area contributed by atoms with Gasteiger partial charge in [-0.25, -0.2) is 26.3 Å². The lowest BCUT2D eigenvalue weighted by atomic mass is 9.91. The molecule has 200 valence electrons. The van der Waals surface area contributed by atoms with Gasteiger partial charge in [-0.1, -0.05) is 0 Å². The molecule has 0 aromatic carbocycles. The summed E-state index contributed by atoms with van der Waals surface area (Å²) in [6.07, 6.45) is -26.9. The fourth-order valence-corrected chi connectivity index (χ4v) is 1.90. The van der Waals surface area contributed by atoms with E-state index in [1.54, 1.807) is 0 Å². The lowest BCUT2D eigenvalue weighted by molar-refractivity contribution is -0.392. The molecule has 0 aliphatic carbocycles. The molecule has 0 aromatic rings. The molecule has 33 heavy (non-hydrogen) atoms. The van der Waals surface area contributed by atoms with Crippen LogP contribution in [0.4, 0.5) is 87.8 Å². The Morgan fingerprint density at radius 1 is 0.424 bits per heavy atom. The lowest BCUT2D eigenvalue weighted by Crippen LogP contribution is -2.69. The van der Waals surface area contributed by atoms with Crippen LogP contribution in [0.2, 0.25) is 0 Å². The van der Waals surface area contributed by atoms with Gasteiger partial charge in [0.05, 0.1) is 0 Å². The van der Waals surface area contributed by atoms with Gasteiger partial charge in [-0.15, -0.1) is 0 Å². The summed E-state index contributed by atoms with van der Waals surface area (Å²) in [5.41, 5.74) is -14.8. The van der Waals surface area contributed by atoms with Crippen molar-refractivity contribution < 1.29 is 92.5 Å². The summed E-state index contributed by atoms with van der Waals surface area (Å²) < 4.78 is 257. The minimum Gasteiger partial charge on any atom is -0.368 e. The maximum atomic E-state index is 13.3. The highest BCUT2D eigenvalue weighted by Crippen LogP contribution is 2.56. The molecular weight excluding hydrogens is 540 g/mol. The zero-order valence-electron chi connectivity index (χ0n) is 14.5. The van der Waals surface area contributed by atoms with Gasteiger partial charge in [-0.2, -0.15) is 61.5 Å². The molecule has 0 bridgehead atoms. The second-order valence-electron chi connectivity index (χ2n) is 6.07. The normalized spacial score (nSPS) is 19.1. The monoisotopic (exact) mass is 546 g/mol. The molecule has 0 saturated heterocycles. The molecule has 0 fully saturated rings. The summed E-state index contributed by atoms with van der Waals surface area (Å²) >= 11 is 0. The molecule has 21 heteroatoms. The Balaban J connectivity index is 5.97. The number of ether oxygens (including phenoxy) is 1. The Hall–Kier alpha value is -1.44. The molecule has 0 radical (unpaired) electrons. The van der Waals surface area contributed by atoms with E-state index in [0.29, 0.717) is 0 Å². The molecule has 0 aliphatic rings. The van der Waals surface area contributed by atoms with E-state index >= 15 is 0 Å². The van der Waals surface area contributed by atoms with E-state index in [2.05, 4.69) is 4.74 Å². The maximum absolute atomic E-state index is 13.3. The van der Waals surface area contributed by atoms with Gasteiger partial charge in [0.2, 0.25) is 0 Å². The first-order chi connectivity index (χ1) is 14.1. The van der Waals surface area contributed by atoms with Crippen molar-refractivity contribution in [3.8, 4) is 0 Å². The van der Waals surface area contributed by atoms with Crippen LogP contribution in [-0.4, -0.2) is 73.4 Å². The average Bonchev–Trinajstić information content (AvgIpc) is 2.56. The predicted molar refractivity (Wildman–Crippen MR) is 62.4 cm³/mol. The van der Waals surface area contributed by atoms with E-state index in [-0.39, 0.29) is 0 Å². The number of hydrogen-bond donors (Lipinski definition) is 0. The van der Waals surface area contributed by atoms with E-state index in [1.165, 1.54) is 0 Å². The van der Waals surface area contributed by atoms with Gasteiger partial charge >= 0.3 is 47.4 Å². The third-order valence-electron chi connectivity index (χ3n) is 3.83. The summed E-state index contributed by atoms with van der Waals surface area (Å²) in [7, 11) is 0. The Morgan fingerprint density at radius 2 is 0.636 bits per heavy atom. The zero-order chi connectivity index (χ0) is 27.3. The second kappa shape index (κ2) is 8.65. The highest BCUT2D eigenvalue weighted by atomic mass is 19.4. The predicted octanol–water partition coefficient (Wildman–Crippen LogP) is 6.62.